The van der Waals surface area contributed by atoms with Crippen molar-refractivity contribution in [3.8, 4) is 0 Å². The molecule has 1 aromatic carbocycles. The summed E-state index contributed by atoms with van der Waals surface area (Å²) in [5.74, 6) is 0.0978. The Kier molecular flexibility index (Phi) is 2.49. The van der Waals surface area contributed by atoms with Crippen LogP contribution in [-0.4, -0.2) is 15.6 Å². The number of rotatable bonds is 3. The van der Waals surface area contributed by atoms with Gasteiger partial charge in [-0.2, -0.15) is 5.10 Å². The van der Waals surface area contributed by atoms with E-state index in [1.807, 2.05) is 41.2 Å². The first-order chi connectivity index (χ1) is 7.25. The van der Waals surface area contributed by atoms with E-state index in [1.54, 1.807) is 6.20 Å². The molecule has 76 valence electrons. The highest BCUT2D eigenvalue weighted by Crippen LogP contribution is 2.05. The average Bonchev–Trinajstić information content (AvgIpc) is 2.71. The lowest BCUT2D eigenvalue weighted by atomic mass is 10.1. The average molecular weight is 200 g/mol. The number of aromatic nitrogens is 2. The first-order valence-corrected chi connectivity index (χ1v) is 4.66. The van der Waals surface area contributed by atoms with Gasteiger partial charge in [-0.25, -0.2) is 0 Å². The van der Waals surface area contributed by atoms with Crippen molar-refractivity contribution in [3.63, 3.8) is 0 Å². The van der Waals surface area contributed by atoms with Gasteiger partial charge >= 0.3 is 0 Å². The Morgan fingerprint density at radius 1 is 1.33 bits per heavy atom. The maximum atomic E-state index is 7.26. The first kappa shape index (κ1) is 9.45. The summed E-state index contributed by atoms with van der Waals surface area (Å²) in [7, 11) is 0. The molecule has 0 saturated carbocycles. The van der Waals surface area contributed by atoms with Gasteiger partial charge < -0.3 is 5.73 Å². The van der Waals surface area contributed by atoms with Crippen LogP contribution in [0, 0.1) is 5.41 Å². The molecule has 4 heteroatoms. The third-order valence-corrected chi connectivity index (χ3v) is 2.17. The van der Waals surface area contributed by atoms with Crippen LogP contribution in [0.2, 0.25) is 0 Å². The molecule has 0 atom stereocenters. The minimum absolute atomic E-state index is 0.0978. The summed E-state index contributed by atoms with van der Waals surface area (Å²) >= 11 is 0. The van der Waals surface area contributed by atoms with Crippen molar-refractivity contribution in [2.45, 2.75) is 6.54 Å². The molecule has 15 heavy (non-hydrogen) atoms. The van der Waals surface area contributed by atoms with Gasteiger partial charge in [0.15, 0.2) is 0 Å². The number of nitrogens with one attached hydrogen (secondary N) is 1. The van der Waals surface area contributed by atoms with E-state index in [9.17, 15) is 0 Å². The summed E-state index contributed by atoms with van der Waals surface area (Å²) in [4.78, 5) is 0. The number of amidine groups is 1. The Labute approximate surface area is 87.9 Å². The largest absolute Gasteiger partial charge is 0.384 e. The Bertz CT molecular complexity index is 442. The van der Waals surface area contributed by atoms with Gasteiger partial charge in [-0.1, -0.05) is 24.3 Å². The van der Waals surface area contributed by atoms with Gasteiger partial charge in [-0.05, 0) is 11.6 Å². The normalized spacial score (nSPS) is 10.1. The summed E-state index contributed by atoms with van der Waals surface area (Å²) in [5.41, 5.74) is 7.26. The molecule has 0 aliphatic carbocycles. The molecular formula is C11H12N4. The lowest BCUT2D eigenvalue weighted by molar-refractivity contribution is 0.687. The van der Waals surface area contributed by atoms with Crippen LogP contribution in [0.1, 0.15) is 11.1 Å². The minimum atomic E-state index is 0.0978. The van der Waals surface area contributed by atoms with Gasteiger partial charge in [-0.3, -0.25) is 10.1 Å². The van der Waals surface area contributed by atoms with Crippen molar-refractivity contribution in [2.24, 2.45) is 5.73 Å². The minimum Gasteiger partial charge on any atom is -0.384 e. The van der Waals surface area contributed by atoms with Crippen LogP contribution in [-0.2, 0) is 6.54 Å². The lowest BCUT2D eigenvalue weighted by Gasteiger charge is -2.03. The Morgan fingerprint density at radius 3 is 2.60 bits per heavy atom. The van der Waals surface area contributed by atoms with Crippen LogP contribution < -0.4 is 5.73 Å². The van der Waals surface area contributed by atoms with E-state index in [-0.39, 0.29) is 5.84 Å². The summed E-state index contributed by atoms with van der Waals surface area (Å²) in [6, 6.07) is 9.50. The maximum Gasteiger partial charge on any atom is 0.122 e. The van der Waals surface area contributed by atoms with Crippen molar-refractivity contribution < 1.29 is 0 Å². The maximum absolute atomic E-state index is 7.26. The number of benzene rings is 1. The first-order valence-electron chi connectivity index (χ1n) is 4.66. The van der Waals surface area contributed by atoms with Gasteiger partial charge in [0, 0.05) is 18.0 Å². The van der Waals surface area contributed by atoms with Gasteiger partial charge in [0.25, 0.3) is 0 Å². The van der Waals surface area contributed by atoms with Gasteiger partial charge in [0.2, 0.25) is 0 Å². The highest BCUT2D eigenvalue weighted by atomic mass is 15.3. The third kappa shape index (κ3) is 2.22. The Hall–Kier alpha value is -2.10. The molecule has 0 bridgehead atoms. The summed E-state index contributed by atoms with van der Waals surface area (Å²) < 4.78 is 1.85. The van der Waals surface area contributed by atoms with Gasteiger partial charge in [-0.15, -0.1) is 0 Å². The smallest absolute Gasteiger partial charge is 0.122 e. The topological polar surface area (TPSA) is 67.7 Å². The van der Waals surface area contributed by atoms with Crippen LogP contribution in [0.15, 0.2) is 42.7 Å². The van der Waals surface area contributed by atoms with Crippen molar-refractivity contribution in [2.75, 3.05) is 0 Å². The van der Waals surface area contributed by atoms with E-state index >= 15 is 0 Å². The summed E-state index contributed by atoms with van der Waals surface area (Å²) in [6.07, 6.45) is 3.67. The fourth-order valence-corrected chi connectivity index (χ4v) is 1.37. The molecule has 0 radical (unpaired) electrons. The fraction of sp³-hybridized carbons (Fsp3) is 0.0909. The molecule has 0 aliphatic heterocycles. The van der Waals surface area contributed by atoms with Crippen LogP contribution in [0.25, 0.3) is 0 Å². The second-order valence-electron chi connectivity index (χ2n) is 3.31. The standard InChI is InChI=1S/C11H12N4/c12-11(13)10-4-2-9(3-5-10)8-15-7-1-6-14-15/h1-7H,8H2,(H3,12,13). The van der Waals surface area contributed by atoms with Crippen LogP contribution in [0.5, 0.6) is 0 Å². The van der Waals surface area contributed by atoms with E-state index in [0.717, 1.165) is 17.7 Å². The second-order valence-corrected chi connectivity index (χ2v) is 3.31. The SMILES string of the molecule is N=C(N)c1ccc(Cn2cccn2)cc1. The fourth-order valence-electron chi connectivity index (χ4n) is 1.37. The predicted molar refractivity (Wildman–Crippen MR) is 58.8 cm³/mol. The molecule has 4 nitrogen and oxygen atoms in total. The monoisotopic (exact) mass is 200 g/mol. The van der Waals surface area contributed by atoms with Gasteiger partial charge in [0.1, 0.15) is 5.84 Å². The molecular weight excluding hydrogens is 188 g/mol. The zero-order valence-electron chi connectivity index (χ0n) is 8.22. The summed E-state index contributed by atoms with van der Waals surface area (Å²) in [6.45, 7) is 0.741. The zero-order valence-corrected chi connectivity index (χ0v) is 8.22. The zero-order chi connectivity index (χ0) is 10.7. The molecule has 2 aromatic rings. The van der Waals surface area contributed by atoms with E-state index in [1.165, 1.54) is 0 Å². The number of nitrogen functional groups attached to an aromatic ring is 1. The van der Waals surface area contributed by atoms with Crippen molar-refractivity contribution in [1.82, 2.24) is 9.78 Å². The molecule has 0 saturated heterocycles. The van der Waals surface area contributed by atoms with Crippen LogP contribution >= 0.6 is 0 Å². The van der Waals surface area contributed by atoms with Crippen molar-refractivity contribution >= 4 is 5.84 Å². The van der Waals surface area contributed by atoms with E-state index in [2.05, 4.69) is 5.10 Å². The molecule has 0 spiro atoms. The number of nitrogens with two attached hydrogens (primary N) is 1. The van der Waals surface area contributed by atoms with E-state index in [4.69, 9.17) is 11.1 Å². The Morgan fingerprint density at radius 2 is 2.07 bits per heavy atom. The predicted octanol–water partition coefficient (Wildman–Crippen LogP) is 1.22. The molecule has 0 amide bonds. The molecule has 0 unspecified atom stereocenters. The van der Waals surface area contributed by atoms with Crippen LogP contribution in [0.4, 0.5) is 0 Å². The second kappa shape index (κ2) is 3.96. The summed E-state index contributed by atoms with van der Waals surface area (Å²) in [5, 5.41) is 11.4. The molecule has 3 N–H and O–H groups in total. The highest BCUT2D eigenvalue weighted by Gasteiger charge is 1.97. The molecule has 0 fully saturated rings. The number of hydrogen-bond acceptors (Lipinski definition) is 2. The van der Waals surface area contributed by atoms with Gasteiger partial charge in [0.05, 0.1) is 6.54 Å². The van der Waals surface area contributed by atoms with E-state index < -0.39 is 0 Å². The third-order valence-electron chi connectivity index (χ3n) is 2.17. The van der Waals surface area contributed by atoms with Crippen molar-refractivity contribution in [1.29, 1.82) is 5.41 Å². The molecule has 1 heterocycles. The highest BCUT2D eigenvalue weighted by molar-refractivity contribution is 5.94. The Balaban J connectivity index is 2.14. The molecule has 2 rings (SSSR count). The number of nitrogens with zero attached hydrogens (tertiary/aromatic N) is 2. The molecule has 1 aromatic heterocycles. The van der Waals surface area contributed by atoms with E-state index in [0.29, 0.717) is 0 Å². The number of hydrogen-bond donors (Lipinski definition) is 2. The quantitative estimate of drug-likeness (QED) is 0.577. The lowest BCUT2D eigenvalue weighted by Crippen LogP contribution is -2.10. The van der Waals surface area contributed by atoms with Crippen LogP contribution in [0.3, 0.4) is 0 Å². The van der Waals surface area contributed by atoms with Crippen molar-refractivity contribution in [3.05, 3.63) is 53.9 Å². The molecule has 0 aliphatic rings.